The Kier molecular flexibility index (Phi) is 21.5. The van der Waals surface area contributed by atoms with Gasteiger partial charge in [-0.3, -0.25) is 4.55 Å². The van der Waals surface area contributed by atoms with E-state index in [2.05, 4.69) is 22.1 Å². The molecule has 8 nitrogen and oxygen atoms in total. The minimum Gasteiger partial charge on any atom is -0.862 e. The molecule has 0 saturated carbocycles. The molecule has 228 valence electrons. The molecule has 10 heteroatoms. The Labute approximate surface area is 275 Å². The Bertz CT molecular complexity index is 1110. The van der Waals surface area contributed by atoms with E-state index in [0.29, 0.717) is 17.9 Å². The number of ether oxygens (including phenoxy) is 1. The predicted octanol–water partition coefficient (Wildman–Crippen LogP) is 5.37. The molecule has 2 rings (SSSR count). The molecule has 0 radical (unpaired) electrons. The first-order chi connectivity index (χ1) is 19.9. The maximum atomic E-state index is 12.2. The maximum absolute atomic E-state index is 12.2. The second-order valence-corrected chi connectivity index (χ2v) is 12.1. The molecule has 42 heavy (non-hydrogen) atoms. The molecular weight excluding hydrogens is 561 g/mol. The van der Waals surface area contributed by atoms with Crippen LogP contribution >= 0.6 is 0 Å². The first-order valence-corrected chi connectivity index (χ1v) is 16.9. The second kappa shape index (κ2) is 23.6. The molecule has 0 fully saturated rings. The van der Waals surface area contributed by atoms with E-state index in [4.69, 9.17) is 9.29 Å². The molecule has 0 amide bonds. The van der Waals surface area contributed by atoms with Crippen molar-refractivity contribution in [2.24, 2.45) is 15.2 Å². The molecule has 0 aliphatic carbocycles. The van der Waals surface area contributed by atoms with Gasteiger partial charge in [0, 0.05) is 0 Å². The third kappa shape index (κ3) is 20.2. The van der Waals surface area contributed by atoms with Crippen molar-refractivity contribution in [3.63, 3.8) is 0 Å². The molecule has 0 spiro atoms. The van der Waals surface area contributed by atoms with Gasteiger partial charge in [0.15, 0.2) is 0 Å². The smallest absolute Gasteiger partial charge is 0.862 e. The van der Waals surface area contributed by atoms with Gasteiger partial charge in [-0.25, -0.2) is 0 Å². The zero-order valence-corrected chi connectivity index (χ0v) is 28.4. The molecule has 0 aromatic heterocycles. The van der Waals surface area contributed by atoms with Gasteiger partial charge in [0.25, 0.3) is 10.1 Å². The second-order valence-electron chi connectivity index (χ2n) is 10.5. The summed E-state index contributed by atoms with van der Waals surface area (Å²) >= 11 is 0. The summed E-state index contributed by atoms with van der Waals surface area (Å²) in [6, 6.07) is 16.9. The van der Waals surface area contributed by atoms with E-state index in [1.54, 1.807) is 0 Å². The molecule has 0 aliphatic rings. The molecule has 1 N–H and O–H groups in total. The van der Waals surface area contributed by atoms with Gasteiger partial charge in [-0.05, 0) is 68.0 Å². The molecule has 0 bridgehead atoms. The summed E-state index contributed by atoms with van der Waals surface area (Å²) in [5, 5.41) is 20.7. The van der Waals surface area contributed by atoms with E-state index in [1.807, 2.05) is 54.6 Å². The third-order valence-electron chi connectivity index (χ3n) is 6.87. The predicted molar refractivity (Wildman–Crippen MR) is 165 cm³/mol. The van der Waals surface area contributed by atoms with Gasteiger partial charge in [-0.15, -0.1) is 0 Å². The normalized spacial score (nSPS) is 12.8. The van der Waals surface area contributed by atoms with Gasteiger partial charge in [0.1, 0.15) is 5.75 Å². The Morgan fingerprint density at radius 3 is 1.86 bits per heavy atom. The number of nitrogens with zero attached hydrogens (tertiary/aromatic N) is 3. The summed E-state index contributed by atoms with van der Waals surface area (Å²) in [5.41, 5.74) is 1.49. The summed E-state index contributed by atoms with van der Waals surface area (Å²) in [4.78, 5) is 3.76. The standard InChI is InChI=1S/C32H49N3O5S.Na/c1-2-3-4-5-6-7-8-9-10-11-12-16-19-30(24-25-32(36)33-26-27-41(37,38)39)40-31-22-20-29(21-23-31)35-34-28-17-14-13-15-18-28;/h13-15,17-18,20-23,30H,2-12,16,19,24-27H2,1H3,(H,33,36)(H,37,38,39);/q;+1/p-1. The van der Waals surface area contributed by atoms with Crippen LogP contribution in [0.3, 0.4) is 0 Å². The molecule has 2 aromatic rings. The zero-order valence-electron chi connectivity index (χ0n) is 25.6. The van der Waals surface area contributed by atoms with Crippen LogP contribution in [0, 0.1) is 0 Å². The number of rotatable bonds is 23. The van der Waals surface area contributed by atoms with Gasteiger partial charge in [0.05, 0.1) is 29.8 Å². The number of aliphatic imine (C=N–C) groups is 1. The Morgan fingerprint density at radius 1 is 0.786 bits per heavy atom. The van der Waals surface area contributed by atoms with Crippen LogP contribution < -0.4 is 39.4 Å². The molecule has 0 aliphatic heterocycles. The average molecular weight is 610 g/mol. The van der Waals surface area contributed by atoms with E-state index in [-0.39, 0.29) is 54.5 Å². The zero-order chi connectivity index (χ0) is 29.6. The minimum absolute atomic E-state index is 0. The van der Waals surface area contributed by atoms with Crippen molar-refractivity contribution in [1.29, 1.82) is 0 Å². The molecule has 0 saturated heterocycles. The van der Waals surface area contributed by atoms with Crippen LogP contribution in [0.4, 0.5) is 11.4 Å². The minimum atomic E-state index is -4.13. The van der Waals surface area contributed by atoms with Gasteiger partial charge in [-0.2, -0.15) is 18.6 Å². The Morgan fingerprint density at radius 2 is 1.31 bits per heavy atom. The molecule has 1 unspecified atom stereocenters. The van der Waals surface area contributed by atoms with Gasteiger partial charge in [0.2, 0.25) is 0 Å². The van der Waals surface area contributed by atoms with Crippen LogP contribution in [0.15, 0.2) is 69.8 Å². The van der Waals surface area contributed by atoms with Crippen LogP contribution in [0.5, 0.6) is 5.75 Å². The summed E-state index contributed by atoms with van der Waals surface area (Å²) in [6.07, 6.45) is 16.6. The van der Waals surface area contributed by atoms with Gasteiger partial charge in [-0.1, -0.05) is 95.8 Å². The van der Waals surface area contributed by atoms with Crippen molar-refractivity contribution >= 4 is 27.4 Å². The summed E-state index contributed by atoms with van der Waals surface area (Å²) < 4.78 is 36.8. The first kappa shape index (κ1) is 38.2. The fourth-order valence-corrected chi connectivity index (χ4v) is 4.84. The van der Waals surface area contributed by atoms with E-state index >= 15 is 0 Å². The molecule has 1 atom stereocenters. The van der Waals surface area contributed by atoms with Crippen LogP contribution in [0.1, 0.15) is 103 Å². The van der Waals surface area contributed by atoms with Crippen molar-refractivity contribution in [1.82, 2.24) is 0 Å². The summed E-state index contributed by atoms with van der Waals surface area (Å²) in [6.45, 7) is 2.01. The number of unbranched alkanes of at least 4 members (excludes halogenated alkanes) is 11. The van der Waals surface area contributed by atoms with Crippen LogP contribution in [-0.4, -0.2) is 37.3 Å². The topological polar surface area (TPSA) is 124 Å². The van der Waals surface area contributed by atoms with Crippen molar-refractivity contribution in [2.45, 2.75) is 109 Å². The van der Waals surface area contributed by atoms with Gasteiger partial charge < -0.3 is 14.8 Å². The molecular formula is C32H48N3NaO5S. The van der Waals surface area contributed by atoms with E-state index in [0.717, 1.165) is 24.9 Å². The largest absolute Gasteiger partial charge is 1.00 e. The third-order valence-corrected chi connectivity index (χ3v) is 7.57. The molecule has 2 aromatic carbocycles. The SMILES string of the molecule is CCCCCCCCCCCCCCC(CCC([O-])=NCCS(=O)(=O)O)Oc1ccc(N=Nc2ccccc2)cc1.[Na+]. The first-order valence-electron chi connectivity index (χ1n) is 15.2. The fourth-order valence-electron chi connectivity index (χ4n) is 4.52. The Balaban J connectivity index is 0.00000882. The van der Waals surface area contributed by atoms with Crippen LogP contribution in [0.2, 0.25) is 0 Å². The van der Waals surface area contributed by atoms with Crippen molar-refractivity contribution in [3.05, 3.63) is 54.6 Å². The van der Waals surface area contributed by atoms with Gasteiger partial charge >= 0.3 is 29.6 Å². The van der Waals surface area contributed by atoms with Crippen LogP contribution in [0.25, 0.3) is 0 Å². The van der Waals surface area contributed by atoms with E-state index < -0.39 is 15.9 Å². The summed E-state index contributed by atoms with van der Waals surface area (Å²) in [5.74, 6) is -0.233. The number of azo groups is 1. The van der Waals surface area contributed by atoms with E-state index in [9.17, 15) is 13.5 Å². The monoisotopic (exact) mass is 609 g/mol. The van der Waals surface area contributed by atoms with Crippen LogP contribution in [-0.2, 0) is 10.1 Å². The van der Waals surface area contributed by atoms with Crippen molar-refractivity contribution in [2.75, 3.05) is 12.3 Å². The van der Waals surface area contributed by atoms with Crippen molar-refractivity contribution < 1.29 is 52.4 Å². The Hall–Kier alpha value is -1.78. The fraction of sp³-hybridized carbons (Fsp3) is 0.594. The maximum Gasteiger partial charge on any atom is 1.00 e. The van der Waals surface area contributed by atoms with Crippen molar-refractivity contribution in [3.8, 4) is 5.75 Å². The number of benzene rings is 2. The summed E-state index contributed by atoms with van der Waals surface area (Å²) in [7, 11) is -4.13. The number of hydrogen-bond acceptors (Lipinski definition) is 7. The quantitative estimate of drug-likeness (QED) is 0.0453. The average Bonchev–Trinajstić information content (AvgIpc) is 2.96. The van der Waals surface area contributed by atoms with E-state index in [1.165, 1.54) is 64.2 Å². The number of hydrogen-bond donors (Lipinski definition) is 1. The molecule has 0 heterocycles.